The third-order valence-corrected chi connectivity index (χ3v) is 3.59. The van der Waals surface area contributed by atoms with Crippen LogP contribution < -0.4 is 10.1 Å². The fourth-order valence-corrected chi connectivity index (χ4v) is 2.25. The summed E-state index contributed by atoms with van der Waals surface area (Å²) in [5, 5.41) is 4.28. The molecule has 2 rings (SSSR count). The van der Waals surface area contributed by atoms with Gasteiger partial charge in [-0.15, -0.1) is 0 Å². The Balaban J connectivity index is 2.08. The lowest BCUT2D eigenvalue weighted by atomic mass is 10.3. The van der Waals surface area contributed by atoms with Gasteiger partial charge in [0.1, 0.15) is 12.4 Å². The van der Waals surface area contributed by atoms with Gasteiger partial charge < -0.3 is 10.1 Å². The zero-order valence-corrected chi connectivity index (χ0v) is 13.1. The van der Waals surface area contributed by atoms with Gasteiger partial charge >= 0.3 is 0 Å². The molecule has 0 aliphatic carbocycles. The molecule has 0 amide bonds. The van der Waals surface area contributed by atoms with E-state index < -0.39 is 0 Å². The molecule has 0 unspecified atom stereocenters. The van der Waals surface area contributed by atoms with Gasteiger partial charge in [-0.1, -0.05) is 40.9 Å². The van der Waals surface area contributed by atoms with Crippen molar-refractivity contribution in [3.63, 3.8) is 0 Å². The first-order chi connectivity index (χ1) is 9.60. The van der Waals surface area contributed by atoms with E-state index in [-0.39, 0.29) is 0 Å². The molecule has 1 heterocycles. The molecule has 0 saturated heterocycles. The predicted molar refractivity (Wildman–Crippen MR) is 82.8 cm³/mol. The molecule has 0 radical (unpaired) electrons. The van der Waals surface area contributed by atoms with Crippen LogP contribution in [-0.2, 0) is 13.2 Å². The van der Waals surface area contributed by atoms with Crippen LogP contribution >= 0.6 is 34.8 Å². The van der Waals surface area contributed by atoms with E-state index in [1.54, 1.807) is 12.1 Å². The second-order valence-electron chi connectivity index (χ2n) is 4.14. The Kier molecular flexibility index (Phi) is 5.49. The molecular formula is C14H13Cl3N2O. The van der Waals surface area contributed by atoms with Crippen LogP contribution in [0.4, 0.5) is 0 Å². The number of ether oxygens (including phenoxy) is 1. The molecule has 1 aromatic heterocycles. The van der Waals surface area contributed by atoms with Gasteiger partial charge in [0.05, 0.1) is 26.5 Å². The van der Waals surface area contributed by atoms with Gasteiger partial charge in [-0.25, -0.2) is 0 Å². The van der Waals surface area contributed by atoms with Crippen LogP contribution in [0.3, 0.4) is 0 Å². The fraction of sp³-hybridized carbons (Fsp3) is 0.214. The number of aromatic nitrogens is 1. The first-order valence-corrected chi connectivity index (χ1v) is 7.10. The van der Waals surface area contributed by atoms with E-state index in [1.807, 2.05) is 25.2 Å². The summed E-state index contributed by atoms with van der Waals surface area (Å²) in [5.74, 6) is 0.488. The second-order valence-corrected chi connectivity index (χ2v) is 5.36. The Labute approximate surface area is 132 Å². The summed E-state index contributed by atoms with van der Waals surface area (Å²) in [7, 11) is 1.88. The molecule has 0 spiro atoms. The first-order valence-electron chi connectivity index (χ1n) is 5.97. The summed E-state index contributed by atoms with van der Waals surface area (Å²) in [6, 6.07) is 8.95. The van der Waals surface area contributed by atoms with Crippen molar-refractivity contribution in [2.24, 2.45) is 0 Å². The maximum atomic E-state index is 6.05. The van der Waals surface area contributed by atoms with Gasteiger partial charge in [0.2, 0.25) is 0 Å². The third-order valence-electron chi connectivity index (χ3n) is 2.57. The first kappa shape index (κ1) is 15.4. The Hall–Kier alpha value is -1.000. The summed E-state index contributed by atoms with van der Waals surface area (Å²) in [6.07, 6.45) is 0. The number of benzene rings is 1. The lowest BCUT2D eigenvalue weighted by Gasteiger charge is -2.09. The lowest BCUT2D eigenvalue weighted by Crippen LogP contribution is -2.08. The molecule has 1 aromatic carbocycles. The molecule has 6 heteroatoms. The molecule has 3 nitrogen and oxygen atoms in total. The van der Waals surface area contributed by atoms with Gasteiger partial charge in [-0.05, 0) is 25.2 Å². The number of nitrogens with one attached hydrogen (secondary N) is 1. The molecule has 0 saturated carbocycles. The Morgan fingerprint density at radius 3 is 2.50 bits per heavy atom. The zero-order valence-electron chi connectivity index (χ0n) is 10.8. The van der Waals surface area contributed by atoms with Gasteiger partial charge in [0.15, 0.2) is 0 Å². The van der Waals surface area contributed by atoms with Crippen molar-refractivity contribution in [1.29, 1.82) is 0 Å². The van der Waals surface area contributed by atoms with Crippen molar-refractivity contribution < 1.29 is 4.74 Å². The highest BCUT2D eigenvalue weighted by Crippen LogP contribution is 2.34. The second kappa shape index (κ2) is 7.14. The average molecular weight is 332 g/mol. The third kappa shape index (κ3) is 4.00. The number of rotatable bonds is 5. The van der Waals surface area contributed by atoms with Crippen molar-refractivity contribution in [3.8, 4) is 5.75 Å². The van der Waals surface area contributed by atoms with Crippen LogP contribution in [0.1, 0.15) is 11.4 Å². The van der Waals surface area contributed by atoms with Crippen LogP contribution in [0.2, 0.25) is 15.1 Å². The van der Waals surface area contributed by atoms with E-state index in [9.17, 15) is 0 Å². The summed E-state index contributed by atoms with van der Waals surface area (Å²) in [5.41, 5.74) is 1.77. The van der Waals surface area contributed by atoms with Crippen molar-refractivity contribution in [2.45, 2.75) is 13.2 Å². The summed E-state index contributed by atoms with van der Waals surface area (Å²) >= 11 is 17.9. The van der Waals surface area contributed by atoms with Crippen LogP contribution in [-0.4, -0.2) is 12.0 Å². The Morgan fingerprint density at radius 2 is 1.75 bits per heavy atom. The van der Waals surface area contributed by atoms with Gasteiger partial charge in [-0.3, -0.25) is 4.98 Å². The topological polar surface area (TPSA) is 34.1 Å². The average Bonchev–Trinajstić information content (AvgIpc) is 2.42. The molecule has 0 atom stereocenters. The Bertz CT molecular complexity index is 605. The normalized spacial score (nSPS) is 10.6. The molecule has 0 bridgehead atoms. The number of hydrogen-bond donors (Lipinski definition) is 1. The van der Waals surface area contributed by atoms with E-state index in [0.29, 0.717) is 34.0 Å². The quantitative estimate of drug-likeness (QED) is 0.828. The summed E-state index contributed by atoms with van der Waals surface area (Å²) in [4.78, 5) is 4.46. The van der Waals surface area contributed by atoms with Gasteiger partial charge in [0, 0.05) is 12.6 Å². The monoisotopic (exact) mass is 330 g/mol. The highest BCUT2D eigenvalue weighted by molar-refractivity contribution is 6.43. The number of halogens is 3. The molecule has 2 aromatic rings. The smallest absolute Gasteiger partial charge is 0.140 e. The van der Waals surface area contributed by atoms with Crippen LogP contribution in [0.5, 0.6) is 5.75 Å². The van der Waals surface area contributed by atoms with Gasteiger partial charge in [0.25, 0.3) is 0 Å². The van der Waals surface area contributed by atoms with E-state index >= 15 is 0 Å². The van der Waals surface area contributed by atoms with Crippen molar-refractivity contribution in [2.75, 3.05) is 7.05 Å². The minimum Gasteiger partial charge on any atom is -0.486 e. The van der Waals surface area contributed by atoms with Crippen molar-refractivity contribution >= 4 is 34.8 Å². The van der Waals surface area contributed by atoms with E-state index in [0.717, 1.165) is 11.4 Å². The largest absolute Gasteiger partial charge is 0.486 e. The summed E-state index contributed by atoms with van der Waals surface area (Å²) < 4.78 is 5.63. The summed E-state index contributed by atoms with van der Waals surface area (Å²) in [6.45, 7) is 1.02. The molecule has 1 N–H and O–H groups in total. The van der Waals surface area contributed by atoms with Crippen LogP contribution in [0, 0.1) is 0 Å². The number of nitrogens with zero attached hydrogens (tertiary/aromatic N) is 1. The zero-order chi connectivity index (χ0) is 14.5. The van der Waals surface area contributed by atoms with Gasteiger partial charge in [-0.2, -0.15) is 0 Å². The minimum atomic E-state index is 0.315. The highest BCUT2D eigenvalue weighted by Gasteiger charge is 2.08. The molecule has 0 fully saturated rings. The molecule has 20 heavy (non-hydrogen) atoms. The molecular weight excluding hydrogens is 319 g/mol. The van der Waals surface area contributed by atoms with E-state index in [4.69, 9.17) is 39.5 Å². The minimum absolute atomic E-state index is 0.315. The van der Waals surface area contributed by atoms with Crippen LogP contribution in [0.25, 0.3) is 0 Å². The van der Waals surface area contributed by atoms with E-state index in [2.05, 4.69) is 10.3 Å². The Morgan fingerprint density at radius 1 is 1.05 bits per heavy atom. The maximum Gasteiger partial charge on any atom is 0.140 e. The van der Waals surface area contributed by atoms with Crippen molar-refractivity contribution in [3.05, 3.63) is 56.8 Å². The van der Waals surface area contributed by atoms with Crippen molar-refractivity contribution in [1.82, 2.24) is 10.3 Å². The fourth-order valence-electron chi connectivity index (χ4n) is 1.66. The molecule has 0 aliphatic heterocycles. The number of pyridine rings is 1. The molecule has 106 valence electrons. The highest BCUT2D eigenvalue weighted by atomic mass is 35.5. The SMILES string of the molecule is CNCc1cccc(COc2cc(Cl)c(Cl)cc2Cl)n1. The standard InChI is InChI=1S/C14H13Cl3N2O/c1-18-7-9-3-2-4-10(19-9)8-20-14-6-12(16)11(15)5-13(14)17/h2-6,18H,7-8H2,1H3. The maximum absolute atomic E-state index is 6.05. The number of hydrogen-bond acceptors (Lipinski definition) is 3. The predicted octanol–water partition coefficient (Wildman–Crippen LogP) is 4.34. The lowest BCUT2D eigenvalue weighted by molar-refractivity contribution is 0.301. The van der Waals surface area contributed by atoms with Crippen LogP contribution in [0.15, 0.2) is 30.3 Å². The molecule has 0 aliphatic rings. The van der Waals surface area contributed by atoms with E-state index in [1.165, 1.54) is 0 Å².